The van der Waals surface area contributed by atoms with Crippen molar-refractivity contribution >= 4 is 23.4 Å². The Morgan fingerprint density at radius 3 is 2.96 bits per heavy atom. The van der Waals surface area contributed by atoms with Gasteiger partial charge in [0.25, 0.3) is 0 Å². The Bertz CT molecular complexity index is 622. The standard InChI is InChI=1S/C18H24ClN3O2/c19-15-5-2-1-4-14(15)12-21-16(23)6-10-22-11-8-18(13-22)7-3-9-20-17(18)24/h1-2,4-5H,3,6-13H2,(H,20,24)(H,21,23)/t18-/m0/s1. The Morgan fingerprint density at radius 2 is 2.17 bits per heavy atom. The van der Waals surface area contributed by atoms with E-state index in [2.05, 4.69) is 15.5 Å². The lowest BCUT2D eigenvalue weighted by Gasteiger charge is -2.32. The molecule has 2 aliphatic heterocycles. The average Bonchev–Trinajstić information content (AvgIpc) is 2.99. The van der Waals surface area contributed by atoms with E-state index in [0.717, 1.165) is 44.5 Å². The van der Waals surface area contributed by atoms with Gasteiger partial charge in [0, 0.05) is 37.6 Å². The summed E-state index contributed by atoms with van der Waals surface area (Å²) in [5.41, 5.74) is 0.707. The van der Waals surface area contributed by atoms with Crippen LogP contribution in [0.1, 0.15) is 31.2 Å². The number of benzene rings is 1. The highest BCUT2D eigenvalue weighted by atomic mass is 35.5. The summed E-state index contributed by atoms with van der Waals surface area (Å²) < 4.78 is 0. The quantitative estimate of drug-likeness (QED) is 0.854. The molecule has 2 N–H and O–H groups in total. The minimum absolute atomic E-state index is 0.0176. The van der Waals surface area contributed by atoms with E-state index in [-0.39, 0.29) is 17.2 Å². The molecule has 1 spiro atoms. The average molecular weight is 350 g/mol. The Kier molecular flexibility index (Phi) is 5.41. The Balaban J connectivity index is 1.42. The van der Waals surface area contributed by atoms with Crippen LogP contribution in [-0.4, -0.2) is 42.9 Å². The monoisotopic (exact) mass is 349 g/mol. The third-order valence-corrected chi connectivity index (χ3v) is 5.49. The zero-order chi connectivity index (χ0) is 17.0. The van der Waals surface area contributed by atoms with Crippen LogP contribution < -0.4 is 10.6 Å². The zero-order valence-corrected chi connectivity index (χ0v) is 14.6. The molecule has 0 saturated carbocycles. The number of hydrogen-bond donors (Lipinski definition) is 2. The van der Waals surface area contributed by atoms with Crippen molar-refractivity contribution in [3.63, 3.8) is 0 Å². The fourth-order valence-corrected chi connectivity index (χ4v) is 3.85. The number of likely N-dealkylation sites (tertiary alicyclic amines) is 1. The van der Waals surface area contributed by atoms with E-state index >= 15 is 0 Å². The van der Waals surface area contributed by atoms with Crippen molar-refractivity contribution in [1.82, 2.24) is 15.5 Å². The maximum Gasteiger partial charge on any atom is 0.227 e. The topological polar surface area (TPSA) is 61.4 Å². The second kappa shape index (κ2) is 7.53. The molecule has 2 aliphatic rings. The van der Waals surface area contributed by atoms with Gasteiger partial charge in [0.1, 0.15) is 0 Å². The van der Waals surface area contributed by atoms with Crippen molar-refractivity contribution in [3.8, 4) is 0 Å². The summed E-state index contributed by atoms with van der Waals surface area (Å²) in [5.74, 6) is 0.211. The third kappa shape index (κ3) is 3.90. The normalized spacial score (nSPS) is 24.1. The molecule has 0 aromatic heterocycles. The molecule has 2 heterocycles. The van der Waals surface area contributed by atoms with Crippen LogP contribution in [0.2, 0.25) is 5.02 Å². The van der Waals surface area contributed by atoms with Gasteiger partial charge < -0.3 is 15.5 Å². The highest BCUT2D eigenvalue weighted by Gasteiger charge is 2.45. The van der Waals surface area contributed by atoms with E-state index in [4.69, 9.17) is 11.6 Å². The number of carbonyl (C=O) groups excluding carboxylic acids is 2. The number of halogens is 1. The zero-order valence-electron chi connectivity index (χ0n) is 13.8. The van der Waals surface area contributed by atoms with Gasteiger partial charge >= 0.3 is 0 Å². The largest absolute Gasteiger partial charge is 0.356 e. The van der Waals surface area contributed by atoms with E-state index in [9.17, 15) is 9.59 Å². The van der Waals surface area contributed by atoms with Crippen molar-refractivity contribution in [1.29, 1.82) is 0 Å². The molecule has 0 aliphatic carbocycles. The molecule has 1 atom stereocenters. The number of nitrogens with zero attached hydrogens (tertiary/aromatic N) is 1. The van der Waals surface area contributed by atoms with Crippen molar-refractivity contribution in [2.45, 2.75) is 32.2 Å². The van der Waals surface area contributed by atoms with E-state index in [1.807, 2.05) is 24.3 Å². The molecule has 2 saturated heterocycles. The van der Waals surface area contributed by atoms with Gasteiger partial charge in [-0.25, -0.2) is 0 Å². The van der Waals surface area contributed by atoms with Gasteiger partial charge in [-0.1, -0.05) is 29.8 Å². The van der Waals surface area contributed by atoms with Crippen molar-refractivity contribution in [3.05, 3.63) is 34.9 Å². The van der Waals surface area contributed by atoms with Crippen LogP contribution in [0.4, 0.5) is 0 Å². The molecule has 1 aromatic carbocycles. The van der Waals surface area contributed by atoms with Crippen molar-refractivity contribution in [2.24, 2.45) is 5.41 Å². The molecule has 5 nitrogen and oxygen atoms in total. The van der Waals surface area contributed by atoms with Gasteiger partial charge in [-0.15, -0.1) is 0 Å². The Labute approximate surface area is 147 Å². The van der Waals surface area contributed by atoms with E-state index in [1.165, 1.54) is 0 Å². The van der Waals surface area contributed by atoms with Crippen molar-refractivity contribution in [2.75, 3.05) is 26.2 Å². The minimum atomic E-state index is -0.216. The van der Waals surface area contributed by atoms with Crippen LogP contribution in [-0.2, 0) is 16.1 Å². The number of rotatable bonds is 5. The summed E-state index contributed by atoms with van der Waals surface area (Å²) in [7, 11) is 0. The molecule has 2 amide bonds. The minimum Gasteiger partial charge on any atom is -0.356 e. The SMILES string of the molecule is O=C(CCN1CC[C@@]2(CCCNC2=O)C1)NCc1ccccc1Cl. The highest BCUT2D eigenvalue weighted by molar-refractivity contribution is 6.31. The first-order valence-corrected chi connectivity index (χ1v) is 8.98. The first-order chi connectivity index (χ1) is 11.6. The van der Waals surface area contributed by atoms with Crippen LogP contribution in [0.5, 0.6) is 0 Å². The fourth-order valence-electron chi connectivity index (χ4n) is 3.65. The Hall–Kier alpha value is -1.59. The molecule has 130 valence electrons. The summed E-state index contributed by atoms with van der Waals surface area (Å²) in [6.45, 7) is 3.61. The van der Waals surface area contributed by atoms with Gasteiger partial charge in [0.05, 0.1) is 5.41 Å². The summed E-state index contributed by atoms with van der Waals surface area (Å²) in [6.07, 6.45) is 3.37. The Morgan fingerprint density at radius 1 is 1.33 bits per heavy atom. The van der Waals surface area contributed by atoms with Gasteiger partial charge in [0.15, 0.2) is 0 Å². The second-order valence-corrected chi connectivity index (χ2v) is 7.19. The van der Waals surface area contributed by atoms with Crippen LogP contribution >= 0.6 is 11.6 Å². The van der Waals surface area contributed by atoms with E-state index in [1.54, 1.807) is 0 Å². The summed E-state index contributed by atoms with van der Waals surface area (Å²) >= 11 is 6.09. The van der Waals surface area contributed by atoms with Gasteiger partial charge in [-0.05, 0) is 37.4 Å². The van der Waals surface area contributed by atoms with Crippen LogP contribution in [0.3, 0.4) is 0 Å². The first-order valence-electron chi connectivity index (χ1n) is 8.60. The molecular formula is C18H24ClN3O2. The molecular weight excluding hydrogens is 326 g/mol. The lowest BCUT2D eigenvalue weighted by molar-refractivity contribution is -0.132. The summed E-state index contributed by atoms with van der Waals surface area (Å²) in [6, 6.07) is 7.51. The summed E-state index contributed by atoms with van der Waals surface area (Å²) in [4.78, 5) is 26.5. The predicted molar refractivity (Wildman–Crippen MR) is 93.6 cm³/mol. The molecule has 2 fully saturated rings. The number of amides is 2. The van der Waals surface area contributed by atoms with Gasteiger partial charge in [-0.3, -0.25) is 9.59 Å². The summed E-state index contributed by atoms with van der Waals surface area (Å²) in [5, 5.41) is 6.57. The number of carbonyl (C=O) groups is 2. The van der Waals surface area contributed by atoms with Gasteiger partial charge in [0.2, 0.25) is 11.8 Å². The number of nitrogens with one attached hydrogen (secondary N) is 2. The van der Waals surface area contributed by atoms with Crippen molar-refractivity contribution < 1.29 is 9.59 Å². The smallest absolute Gasteiger partial charge is 0.227 e. The second-order valence-electron chi connectivity index (χ2n) is 6.78. The molecule has 24 heavy (non-hydrogen) atoms. The van der Waals surface area contributed by atoms with Crippen LogP contribution in [0.15, 0.2) is 24.3 Å². The highest BCUT2D eigenvalue weighted by Crippen LogP contribution is 2.37. The van der Waals surface area contributed by atoms with Crippen LogP contribution in [0, 0.1) is 5.41 Å². The molecule has 3 rings (SSSR count). The van der Waals surface area contributed by atoms with Gasteiger partial charge in [-0.2, -0.15) is 0 Å². The lowest BCUT2D eigenvalue weighted by Crippen LogP contribution is -2.47. The molecule has 6 heteroatoms. The van der Waals surface area contributed by atoms with E-state index in [0.29, 0.717) is 24.5 Å². The molecule has 1 aromatic rings. The maximum atomic E-state index is 12.2. The molecule has 0 radical (unpaired) electrons. The number of hydrogen-bond acceptors (Lipinski definition) is 3. The predicted octanol–water partition coefficient (Wildman–Crippen LogP) is 1.95. The fraction of sp³-hybridized carbons (Fsp3) is 0.556. The lowest BCUT2D eigenvalue weighted by atomic mass is 9.79. The molecule has 0 bridgehead atoms. The molecule has 0 unspecified atom stereocenters. The third-order valence-electron chi connectivity index (χ3n) is 5.12. The van der Waals surface area contributed by atoms with E-state index < -0.39 is 0 Å². The first kappa shape index (κ1) is 17.2. The van der Waals surface area contributed by atoms with Crippen LogP contribution in [0.25, 0.3) is 0 Å². The maximum absolute atomic E-state index is 12.2. The number of piperidine rings is 1.